The molecule has 15 heavy (non-hydrogen) atoms. The van der Waals surface area contributed by atoms with Crippen LogP contribution in [-0.2, 0) is 6.54 Å². The molecule has 0 spiro atoms. The van der Waals surface area contributed by atoms with Gasteiger partial charge < -0.3 is 9.84 Å². The largest absolute Gasteiger partial charge is 0.343 e. The summed E-state index contributed by atoms with van der Waals surface area (Å²) in [5.74, 6) is 1.46. The molecule has 0 aliphatic carbocycles. The van der Waals surface area contributed by atoms with Crippen molar-refractivity contribution in [2.75, 3.05) is 20.1 Å². The molecular weight excluding hydrogens is 192 g/mol. The van der Waals surface area contributed by atoms with Crippen LogP contribution in [0.25, 0.3) is 0 Å². The van der Waals surface area contributed by atoms with Crippen LogP contribution in [0.4, 0.5) is 0 Å². The highest BCUT2D eigenvalue weighted by molar-refractivity contribution is 4.85. The fourth-order valence-corrected chi connectivity index (χ4v) is 2.27. The molecule has 5 heteroatoms. The van der Waals surface area contributed by atoms with Crippen LogP contribution >= 0.6 is 0 Å². The Hall–Kier alpha value is -0.940. The highest BCUT2D eigenvalue weighted by Crippen LogP contribution is 2.17. The van der Waals surface area contributed by atoms with Gasteiger partial charge in [0.05, 0.1) is 6.54 Å². The number of hydrogen-bond donors (Lipinski definition) is 1. The molecule has 1 fully saturated rings. The molecule has 1 aliphatic heterocycles. The normalized spacial score (nSPS) is 28.1. The van der Waals surface area contributed by atoms with Crippen LogP contribution in [0.15, 0.2) is 10.9 Å². The molecule has 0 bridgehead atoms. The first-order chi connectivity index (χ1) is 7.29. The molecule has 1 aliphatic rings. The minimum Gasteiger partial charge on any atom is -0.343 e. The minimum atomic E-state index is 0.645. The lowest BCUT2D eigenvalue weighted by molar-refractivity contribution is 0.141. The van der Waals surface area contributed by atoms with Gasteiger partial charge in [-0.15, -0.1) is 0 Å². The van der Waals surface area contributed by atoms with Gasteiger partial charge in [0.15, 0.2) is 5.82 Å². The Bertz CT molecular complexity index is 288. The molecule has 2 atom stereocenters. The predicted octanol–water partition coefficient (Wildman–Crippen LogP) is 0.499. The SMILES string of the molecule is CNC1CCN(Cc2ncon2)CC1C. The van der Waals surface area contributed by atoms with Gasteiger partial charge in [-0.05, 0) is 19.4 Å². The maximum atomic E-state index is 4.73. The van der Waals surface area contributed by atoms with Crippen molar-refractivity contribution in [2.45, 2.75) is 25.9 Å². The molecule has 1 N–H and O–H groups in total. The maximum absolute atomic E-state index is 4.73. The Morgan fingerprint density at radius 3 is 3.13 bits per heavy atom. The van der Waals surface area contributed by atoms with E-state index in [2.05, 4.69) is 27.3 Å². The second kappa shape index (κ2) is 4.72. The third kappa shape index (κ3) is 2.54. The van der Waals surface area contributed by atoms with Gasteiger partial charge in [0.25, 0.3) is 0 Å². The van der Waals surface area contributed by atoms with E-state index in [4.69, 9.17) is 4.52 Å². The molecule has 1 saturated heterocycles. The summed E-state index contributed by atoms with van der Waals surface area (Å²) in [6, 6.07) is 0.645. The number of aromatic nitrogens is 2. The van der Waals surface area contributed by atoms with Gasteiger partial charge >= 0.3 is 0 Å². The van der Waals surface area contributed by atoms with Crippen LogP contribution in [0.1, 0.15) is 19.2 Å². The quantitative estimate of drug-likeness (QED) is 0.787. The number of hydrogen-bond acceptors (Lipinski definition) is 5. The van der Waals surface area contributed by atoms with E-state index in [0.717, 1.165) is 25.5 Å². The van der Waals surface area contributed by atoms with Crippen LogP contribution in [0.5, 0.6) is 0 Å². The van der Waals surface area contributed by atoms with E-state index in [1.807, 2.05) is 7.05 Å². The van der Waals surface area contributed by atoms with E-state index >= 15 is 0 Å². The molecule has 2 unspecified atom stereocenters. The standard InChI is InChI=1S/C10H18N4O/c1-8-5-14(4-3-9(8)11-2)6-10-12-7-15-13-10/h7-9,11H,3-6H2,1-2H3. The zero-order valence-electron chi connectivity index (χ0n) is 9.31. The van der Waals surface area contributed by atoms with Crippen LogP contribution in [0, 0.1) is 5.92 Å². The van der Waals surface area contributed by atoms with Gasteiger partial charge in [-0.3, -0.25) is 4.90 Å². The fraction of sp³-hybridized carbons (Fsp3) is 0.800. The van der Waals surface area contributed by atoms with Crippen molar-refractivity contribution in [2.24, 2.45) is 5.92 Å². The molecule has 84 valence electrons. The van der Waals surface area contributed by atoms with E-state index in [1.54, 1.807) is 0 Å². The number of piperidine rings is 1. The molecule has 1 aromatic heterocycles. The van der Waals surface area contributed by atoms with Gasteiger partial charge in [-0.1, -0.05) is 12.1 Å². The van der Waals surface area contributed by atoms with Crippen LogP contribution < -0.4 is 5.32 Å². The average Bonchev–Trinajstić information content (AvgIpc) is 2.71. The number of nitrogens with zero attached hydrogens (tertiary/aromatic N) is 3. The van der Waals surface area contributed by atoms with Gasteiger partial charge in [-0.25, -0.2) is 0 Å². The summed E-state index contributed by atoms with van der Waals surface area (Å²) in [6.45, 7) is 5.28. The Morgan fingerprint density at radius 2 is 2.53 bits per heavy atom. The summed E-state index contributed by atoms with van der Waals surface area (Å²) in [5.41, 5.74) is 0. The van der Waals surface area contributed by atoms with Gasteiger partial charge in [0.2, 0.25) is 6.39 Å². The molecule has 1 aromatic rings. The third-order valence-electron chi connectivity index (χ3n) is 3.13. The van der Waals surface area contributed by atoms with E-state index in [9.17, 15) is 0 Å². The van der Waals surface area contributed by atoms with E-state index in [1.165, 1.54) is 12.8 Å². The Morgan fingerprint density at radius 1 is 1.67 bits per heavy atom. The number of likely N-dealkylation sites (tertiary alicyclic amines) is 1. The van der Waals surface area contributed by atoms with Crippen molar-refractivity contribution in [3.63, 3.8) is 0 Å². The predicted molar refractivity (Wildman–Crippen MR) is 56.2 cm³/mol. The van der Waals surface area contributed by atoms with Gasteiger partial charge in [0.1, 0.15) is 0 Å². The van der Waals surface area contributed by atoms with Crippen molar-refractivity contribution in [3.8, 4) is 0 Å². The molecule has 5 nitrogen and oxygen atoms in total. The van der Waals surface area contributed by atoms with Crippen molar-refractivity contribution in [1.29, 1.82) is 0 Å². The summed E-state index contributed by atoms with van der Waals surface area (Å²) in [4.78, 5) is 6.42. The molecular formula is C10H18N4O. The summed E-state index contributed by atoms with van der Waals surface area (Å²) in [5, 5.41) is 7.19. The number of rotatable bonds is 3. The lowest BCUT2D eigenvalue weighted by Gasteiger charge is -2.36. The molecule has 2 heterocycles. The summed E-state index contributed by atoms with van der Waals surface area (Å²) in [6.07, 6.45) is 2.58. The fourth-order valence-electron chi connectivity index (χ4n) is 2.27. The first kappa shape index (κ1) is 10.6. The highest BCUT2D eigenvalue weighted by Gasteiger charge is 2.25. The first-order valence-corrected chi connectivity index (χ1v) is 5.44. The number of nitrogens with one attached hydrogen (secondary N) is 1. The third-order valence-corrected chi connectivity index (χ3v) is 3.13. The maximum Gasteiger partial charge on any atom is 0.213 e. The lowest BCUT2D eigenvalue weighted by Crippen LogP contribution is -2.46. The zero-order chi connectivity index (χ0) is 10.7. The first-order valence-electron chi connectivity index (χ1n) is 5.44. The second-order valence-electron chi connectivity index (χ2n) is 4.24. The highest BCUT2D eigenvalue weighted by atomic mass is 16.5. The van der Waals surface area contributed by atoms with E-state index in [-0.39, 0.29) is 0 Å². The van der Waals surface area contributed by atoms with Crippen molar-refractivity contribution in [3.05, 3.63) is 12.2 Å². The van der Waals surface area contributed by atoms with Crippen LogP contribution in [0.2, 0.25) is 0 Å². The van der Waals surface area contributed by atoms with Crippen molar-refractivity contribution >= 4 is 0 Å². The van der Waals surface area contributed by atoms with Crippen LogP contribution in [0.3, 0.4) is 0 Å². The smallest absolute Gasteiger partial charge is 0.213 e. The molecule has 0 aromatic carbocycles. The monoisotopic (exact) mass is 210 g/mol. The van der Waals surface area contributed by atoms with E-state index in [0.29, 0.717) is 12.0 Å². The Labute approximate surface area is 89.8 Å². The molecule has 0 saturated carbocycles. The Balaban J connectivity index is 1.86. The van der Waals surface area contributed by atoms with E-state index < -0.39 is 0 Å². The van der Waals surface area contributed by atoms with Gasteiger partial charge in [0, 0.05) is 19.1 Å². The lowest BCUT2D eigenvalue weighted by atomic mass is 9.94. The van der Waals surface area contributed by atoms with Crippen LogP contribution in [-0.4, -0.2) is 41.2 Å². The van der Waals surface area contributed by atoms with Crippen molar-refractivity contribution in [1.82, 2.24) is 20.4 Å². The molecule has 0 radical (unpaired) electrons. The zero-order valence-corrected chi connectivity index (χ0v) is 9.31. The topological polar surface area (TPSA) is 54.2 Å². The Kier molecular flexibility index (Phi) is 3.33. The molecule has 0 amide bonds. The van der Waals surface area contributed by atoms with Crippen molar-refractivity contribution < 1.29 is 4.52 Å². The summed E-state index contributed by atoms with van der Waals surface area (Å²) >= 11 is 0. The summed E-state index contributed by atoms with van der Waals surface area (Å²) in [7, 11) is 2.04. The second-order valence-corrected chi connectivity index (χ2v) is 4.24. The minimum absolute atomic E-state index is 0.645. The van der Waals surface area contributed by atoms with Gasteiger partial charge in [-0.2, -0.15) is 4.98 Å². The molecule has 2 rings (SSSR count). The average molecular weight is 210 g/mol. The summed E-state index contributed by atoms with van der Waals surface area (Å²) < 4.78 is 4.73.